The van der Waals surface area contributed by atoms with Crippen molar-refractivity contribution in [3.8, 4) is 10.6 Å². The van der Waals surface area contributed by atoms with Crippen molar-refractivity contribution >= 4 is 33.9 Å². The van der Waals surface area contributed by atoms with Crippen molar-refractivity contribution < 1.29 is 4.92 Å². The Bertz CT molecular complexity index is 891. The monoisotopic (exact) mass is 341 g/mol. The van der Waals surface area contributed by atoms with Crippen LogP contribution in [0.5, 0.6) is 0 Å². The maximum Gasteiger partial charge on any atom is 0.271 e. The van der Waals surface area contributed by atoms with Crippen LogP contribution in [0.2, 0.25) is 0 Å². The molecule has 1 saturated heterocycles. The summed E-state index contributed by atoms with van der Waals surface area (Å²) < 4.78 is 0. The summed E-state index contributed by atoms with van der Waals surface area (Å²) in [5.74, 6) is 0.848. The molecule has 0 amide bonds. The van der Waals surface area contributed by atoms with Crippen LogP contribution in [0.1, 0.15) is 0 Å². The number of hydrogen-bond donors (Lipinski definition) is 1. The first-order valence-corrected chi connectivity index (χ1v) is 8.56. The van der Waals surface area contributed by atoms with Crippen LogP contribution in [-0.2, 0) is 0 Å². The standard InChI is InChI=1S/C16H15N5O2S/c22-21(23)11-3-4-12-13(10-11)18-15(14-2-1-9-24-14)16(19-12)20-7-5-17-6-8-20/h1-4,9-10,17H,5-8H2. The van der Waals surface area contributed by atoms with Crippen molar-refractivity contribution in [2.45, 2.75) is 0 Å². The fraction of sp³-hybridized carbons (Fsp3) is 0.250. The van der Waals surface area contributed by atoms with E-state index < -0.39 is 4.92 Å². The molecule has 0 radical (unpaired) electrons. The zero-order chi connectivity index (χ0) is 16.5. The molecule has 8 heteroatoms. The van der Waals surface area contributed by atoms with Gasteiger partial charge >= 0.3 is 0 Å². The molecule has 4 rings (SSSR count). The Hall–Kier alpha value is -2.58. The predicted molar refractivity (Wildman–Crippen MR) is 94.6 cm³/mol. The molecular weight excluding hydrogens is 326 g/mol. The largest absolute Gasteiger partial charge is 0.352 e. The number of rotatable bonds is 3. The highest BCUT2D eigenvalue weighted by Crippen LogP contribution is 2.33. The van der Waals surface area contributed by atoms with E-state index in [0.29, 0.717) is 11.0 Å². The molecule has 0 aliphatic carbocycles. The Kier molecular flexibility index (Phi) is 3.83. The van der Waals surface area contributed by atoms with Crippen LogP contribution >= 0.6 is 11.3 Å². The first-order valence-electron chi connectivity index (χ1n) is 7.68. The molecule has 122 valence electrons. The van der Waals surface area contributed by atoms with Crippen molar-refractivity contribution in [1.82, 2.24) is 15.3 Å². The number of non-ortho nitro benzene ring substituents is 1. The summed E-state index contributed by atoms with van der Waals surface area (Å²) in [5.41, 5.74) is 2.05. The average Bonchev–Trinajstić information content (AvgIpc) is 3.15. The van der Waals surface area contributed by atoms with Gasteiger partial charge in [-0.1, -0.05) is 6.07 Å². The third-order valence-electron chi connectivity index (χ3n) is 4.01. The van der Waals surface area contributed by atoms with Gasteiger partial charge in [0.15, 0.2) is 5.82 Å². The average molecular weight is 341 g/mol. The summed E-state index contributed by atoms with van der Waals surface area (Å²) in [6, 6.07) is 8.61. The van der Waals surface area contributed by atoms with E-state index in [1.165, 1.54) is 12.1 Å². The topological polar surface area (TPSA) is 84.2 Å². The molecule has 7 nitrogen and oxygen atoms in total. The second kappa shape index (κ2) is 6.14. The Morgan fingerprint density at radius 1 is 1.17 bits per heavy atom. The number of benzene rings is 1. The predicted octanol–water partition coefficient (Wildman–Crippen LogP) is 2.68. The molecule has 0 saturated carbocycles. The van der Waals surface area contributed by atoms with E-state index in [9.17, 15) is 10.1 Å². The molecule has 0 spiro atoms. The fourth-order valence-electron chi connectivity index (χ4n) is 2.82. The fourth-order valence-corrected chi connectivity index (χ4v) is 3.53. The molecule has 1 aromatic carbocycles. The number of nitro groups is 1. The van der Waals surface area contributed by atoms with Gasteiger partial charge in [0.1, 0.15) is 5.69 Å². The van der Waals surface area contributed by atoms with Gasteiger partial charge in [-0.3, -0.25) is 10.1 Å². The van der Waals surface area contributed by atoms with Crippen LogP contribution in [0.15, 0.2) is 35.7 Å². The number of nitrogens with one attached hydrogen (secondary N) is 1. The normalized spacial score (nSPS) is 14.9. The third kappa shape index (κ3) is 2.70. The molecule has 3 heterocycles. The lowest BCUT2D eigenvalue weighted by Gasteiger charge is -2.29. The van der Waals surface area contributed by atoms with Crippen LogP contribution in [0.25, 0.3) is 21.6 Å². The van der Waals surface area contributed by atoms with Crippen LogP contribution in [0.3, 0.4) is 0 Å². The molecule has 0 unspecified atom stereocenters. The molecule has 2 aromatic heterocycles. The van der Waals surface area contributed by atoms with E-state index in [-0.39, 0.29) is 5.69 Å². The van der Waals surface area contributed by atoms with Crippen LogP contribution in [-0.4, -0.2) is 41.1 Å². The van der Waals surface area contributed by atoms with Gasteiger partial charge in [-0.25, -0.2) is 9.97 Å². The van der Waals surface area contributed by atoms with Gasteiger partial charge in [-0.05, 0) is 17.5 Å². The summed E-state index contributed by atoms with van der Waals surface area (Å²) in [4.78, 5) is 23.3. The minimum absolute atomic E-state index is 0.0313. The Morgan fingerprint density at radius 3 is 2.71 bits per heavy atom. The molecule has 1 aliphatic heterocycles. The maximum atomic E-state index is 11.0. The van der Waals surface area contributed by atoms with Crippen LogP contribution in [0.4, 0.5) is 11.5 Å². The Labute approximate surface area is 142 Å². The first-order chi connectivity index (χ1) is 11.7. The molecule has 24 heavy (non-hydrogen) atoms. The molecule has 1 N–H and O–H groups in total. The summed E-state index contributed by atoms with van der Waals surface area (Å²) in [6.07, 6.45) is 0. The second-order valence-electron chi connectivity index (χ2n) is 5.54. The number of nitrogens with zero attached hydrogens (tertiary/aromatic N) is 4. The van der Waals surface area contributed by atoms with Crippen molar-refractivity contribution in [1.29, 1.82) is 0 Å². The van der Waals surface area contributed by atoms with Gasteiger partial charge < -0.3 is 10.2 Å². The highest BCUT2D eigenvalue weighted by atomic mass is 32.1. The molecule has 1 aliphatic rings. The molecule has 0 bridgehead atoms. The van der Waals surface area contributed by atoms with E-state index in [4.69, 9.17) is 9.97 Å². The van der Waals surface area contributed by atoms with Gasteiger partial charge in [0, 0.05) is 38.3 Å². The SMILES string of the molecule is O=[N+]([O-])c1ccc2nc(N3CCNCC3)c(-c3cccs3)nc2c1. The number of thiophene rings is 1. The van der Waals surface area contributed by atoms with E-state index in [1.807, 2.05) is 17.5 Å². The smallest absolute Gasteiger partial charge is 0.271 e. The zero-order valence-electron chi connectivity index (χ0n) is 12.8. The molecule has 0 atom stereocenters. The number of piperazine rings is 1. The maximum absolute atomic E-state index is 11.0. The van der Waals surface area contributed by atoms with Gasteiger partial charge in [-0.2, -0.15) is 0 Å². The van der Waals surface area contributed by atoms with Gasteiger partial charge in [0.2, 0.25) is 0 Å². The van der Waals surface area contributed by atoms with Crippen LogP contribution < -0.4 is 10.2 Å². The number of fused-ring (bicyclic) bond motifs is 1. The lowest BCUT2D eigenvalue weighted by molar-refractivity contribution is -0.384. The van der Waals surface area contributed by atoms with E-state index in [0.717, 1.165) is 42.6 Å². The zero-order valence-corrected chi connectivity index (χ0v) is 13.6. The quantitative estimate of drug-likeness (QED) is 0.582. The van der Waals surface area contributed by atoms with E-state index in [1.54, 1.807) is 17.4 Å². The van der Waals surface area contributed by atoms with Crippen molar-refractivity contribution in [3.63, 3.8) is 0 Å². The van der Waals surface area contributed by atoms with E-state index in [2.05, 4.69) is 10.2 Å². The summed E-state index contributed by atoms with van der Waals surface area (Å²) in [6.45, 7) is 3.55. The first kappa shape index (κ1) is 15.0. The molecule has 3 aromatic rings. The lowest BCUT2D eigenvalue weighted by Crippen LogP contribution is -2.44. The lowest BCUT2D eigenvalue weighted by atomic mass is 10.2. The van der Waals surface area contributed by atoms with E-state index >= 15 is 0 Å². The summed E-state index contributed by atoms with van der Waals surface area (Å²) in [7, 11) is 0. The highest BCUT2D eigenvalue weighted by Gasteiger charge is 2.20. The number of anilines is 1. The minimum atomic E-state index is -0.407. The van der Waals surface area contributed by atoms with Gasteiger partial charge in [0.25, 0.3) is 5.69 Å². The van der Waals surface area contributed by atoms with Gasteiger partial charge in [0.05, 0.1) is 20.8 Å². The minimum Gasteiger partial charge on any atom is -0.352 e. The summed E-state index contributed by atoms with van der Waals surface area (Å²) >= 11 is 1.59. The third-order valence-corrected chi connectivity index (χ3v) is 4.89. The van der Waals surface area contributed by atoms with Crippen LogP contribution in [0, 0.1) is 10.1 Å². The van der Waals surface area contributed by atoms with Crippen molar-refractivity contribution in [2.24, 2.45) is 0 Å². The number of hydrogen-bond acceptors (Lipinski definition) is 7. The molecular formula is C16H15N5O2S. The van der Waals surface area contributed by atoms with Crippen molar-refractivity contribution in [2.75, 3.05) is 31.1 Å². The Balaban J connectivity index is 1.90. The summed E-state index contributed by atoms with van der Waals surface area (Å²) in [5, 5.41) is 16.3. The molecule has 1 fully saturated rings. The second-order valence-corrected chi connectivity index (χ2v) is 6.49. The van der Waals surface area contributed by atoms with Gasteiger partial charge in [-0.15, -0.1) is 11.3 Å². The number of nitro benzene ring substituents is 1. The number of aromatic nitrogens is 2. The highest BCUT2D eigenvalue weighted by molar-refractivity contribution is 7.13. The Morgan fingerprint density at radius 2 is 2.00 bits per heavy atom. The van der Waals surface area contributed by atoms with Crippen molar-refractivity contribution in [3.05, 3.63) is 45.8 Å².